The average Bonchev–Trinajstić information content (AvgIpc) is 3.17. The molecule has 152 valence electrons. The van der Waals surface area contributed by atoms with E-state index in [9.17, 15) is 18.4 Å². The van der Waals surface area contributed by atoms with Crippen molar-refractivity contribution in [3.63, 3.8) is 0 Å². The Morgan fingerprint density at radius 2 is 2.03 bits per heavy atom. The third-order valence-electron chi connectivity index (χ3n) is 3.60. The SMILES string of the molecule is COc1cc(-c2noc(COC(=O)c3ccc(=O)n(C)n3)n2)ccc1OC(F)F. The van der Waals surface area contributed by atoms with E-state index in [0.717, 1.165) is 4.68 Å². The summed E-state index contributed by atoms with van der Waals surface area (Å²) in [6.45, 7) is -3.33. The summed E-state index contributed by atoms with van der Waals surface area (Å²) >= 11 is 0. The number of hydrogen-bond acceptors (Lipinski definition) is 9. The van der Waals surface area contributed by atoms with Crippen LogP contribution < -0.4 is 15.0 Å². The fraction of sp³-hybridized carbons (Fsp3) is 0.235. The number of esters is 1. The lowest BCUT2D eigenvalue weighted by atomic mass is 10.2. The highest BCUT2D eigenvalue weighted by Crippen LogP contribution is 2.32. The van der Waals surface area contributed by atoms with Gasteiger partial charge in [-0.15, -0.1) is 0 Å². The van der Waals surface area contributed by atoms with Gasteiger partial charge in [0.15, 0.2) is 23.8 Å². The van der Waals surface area contributed by atoms with Crippen LogP contribution in [-0.4, -0.2) is 39.6 Å². The maximum Gasteiger partial charge on any atom is 0.387 e. The summed E-state index contributed by atoms with van der Waals surface area (Å²) in [4.78, 5) is 27.3. The highest BCUT2D eigenvalue weighted by atomic mass is 19.3. The quantitative estimate of drug-likeness (QED) is 0.539. The predicted octanol–water partition coefficient (Wildman–Crippen LogP) is 1.80. The van der Waals surface area contributed by atoms with Gasteiger partial charge in [-0.25, -0.2) is 9.48 Å². The van der Waals surface area contributed by atoms with Gasteiger partial charge in [0.1, 0.15) is 0 Å². The number of rotatable bonds is 7. The molecule has 0 atom stereocenters. The normalized spacial score (nSPS) is 10.8. The Hall–Kier alpha value is -3.83. The van der Waals surface area contributed by atoms with E-state index < -0.39 is 12.6 Å². The van der Waals surface area contributed by atoms with Crippen LogP contribution in [0.15, 0.2) is 39.6 Å². The fourth-order valence-electron chi connectivity index (χ4n) is 2.24. The topological polar surface area (TPSA) is 119 Å². The molecule has 0 radical (unpaired) electrons. The number of methoxy groups -OCH3 is 1. The number of ether oxygens (including phenoxy) is 3. The molecule has 1 aromatic carbocycles. The van der Waals surface area contributed by atoms with E-state index in [0.29, 0.717) is 5.56 Å². The van der Waals surface area contributed by atoms with Crippen molar-refractivity contribution in [2.24, 2.45) is 7.05 Å². The Kier molecular flexibility index (Phi) is 5.81. The second-order valence-electron chi connectivity index (χ2n) is 5.51. The van der Waals surface area contributed by atoms with Crippen molar-refractivity contribution >= 4 is 5.97 Å². The molecule has 0 aliphatic heterocycles. The molecule has 0 bridgehead atoms. The Bertz CT molecular complexity index is 1080. The van der Waals surface area contributed by atoms with Gasteiger partial charge < -0.3 is 18.7 Å². The number of alkyl halides is 2. The molecule has 0 aliphatic rings. The number of carbonyl (C=O) groups is 1. The Morgan fingerprint density at radius 1 is 1.24 bits per heavy atom. The molecule has 29 heavy (non-hydrogen) atoms. The van der Waals surface area contributed by atoms with Gasteiger partial charge in [0.25, 0.3) is 11.4 Å². The van der Waals surface area contributed by atoms with E-state index >= 15 is 0 Å². The first-order valence-electron chi connectivity index (χ1n) is 8.04. The maximum absolute atomic E-state index is 12.4. The second kappa shape index (κ2) is 8.46. The molecule has 0 N–H and O–H groups in total. The monoisotopic (exact) mass is 408 g/mol. The third kappa shape index (κ3) is 4.72. The fourth-order valence-corrected chi connectivity index (χ4v) is 2.24. The number of hydrogen-bond donors (Lipinski definition) is 0. The van der Waals surface area contributed by atoms with Gasteiger partial charge in [0.2, 0.25) is 5.82 Å². The van der Waals surface area contributed by atoms with Crippen LogP contribution in [0.3, 0.4) is 0 Å². The van der Waals surface area contributed by atoms with Crippen LogP contribution in [0.2, 0.25) is 0 Å². The molecule has 0 aliphatic carbocycles. The van der Waals surface area contributed by atoms with E-state index in [4.69, 9.17) is 14.0 Å². The van der Waals surface area contributed by atoms with Crippen molar-refractivity contribution in [3.05, 3.63) is 52.3 Å². The van der Waals surface area contributed by atoms with Gasteiger partial charge in [-0.1, -0.05) is 5.16 Å². The lowest BCUT2D eigenvalue weighted by molar-refractivity contribution is -0.0512. The molecule has 0 saturated carbocycles. The van der Waals surface area contributed by atoms with Gasteiger partial charge in [0.05, 0.1) is 7.11 Å². The zero-order valence-corrected chi connectivity index (χ0v) is 15.2. The summed E-state index contributed by atoms with van der Waals surface area (Å²) in [6, 6.07) is 6.53. The van der Waals surface area contributed by atoms with Gasteiger partial charge in [-0.3, -0.25) is 4.79 Å². The van der Waals surface area contributed by atoms with E-state index in [2.05, 4.69) is 20.0 Å². The summed E-state index contributed by atoms with van der Waals surface area (Å²) in [5, 5.41) is 7.52. The number of carbonyl (C=O) groups excluding carboxylic acids is 1. The first-order valence-corrected chi connectivity index (χ1v) is 8.04. The molecule has 0 fully saturated rings. The van der Waals surface area contributed by atoms with Crippen LogP contribution in [0.4, 0.5) is 8.78 Å². The first kappa shape index (κ1) is 19.9. The summed E-state index contributed by atoms with van der Waals surface area (Å²) in [7, 11) is 2.70. The molecule has 2 heterocycles. The zero-order chi connectivity index (χ0) is 21.0. The molecule has 0 amide bonds. The number of aryl methyl sites for hydroxylation is 1. The molecular weight excluding hydrogens is 394 g/mol. The van der Waals surface area contributed by atoms with Crippen molar-refractivity contribution in [1.29, 1.82) is 0 Å². The second-order valence-corrected chi connectivity index (χ2v) is 5.51. The number of halogens is 2. The summed E-state index contributed by atoms with van der Waals surface area (Å²) in [5.41, 5.74) is -0.0285. The molecule has 10 nitrogen and oxygen atoms in total. The van der Waals surface area contributed by atoms with Gasteiger partial charge >= 0.3 is 12.6 Å². The standard InChI is InChI=1S/C17H14F2N4O6/c1-23-14(24)6-4-10(21-23)16(25)27-8-13-20-15(22-29-13)9-3-5-11(28-17(18)19)12(7-9)26-2/h3-7,17H,8H2,1-2H3. The van der Waals surface area contributed by atoms with Gasteiger partial charge in [-0.2, -0.15) is 18.9 Å². The highest BCUT2D eigenvalue weighted by Gasteiger charge is 2.16. The molecule has 0 saturated heterocycles. The molecular formula is C17H14F2N4O6. The Balaban J connectivity index is 1.69. The smallest absolute Gasteiger partial charge is 0.387 e. The molecule has 0 unspecified atom stereocenters. The zero-order valence-electron chi connectivity index (χ0n) is 15.2. The minimum Gasteiger partial charge on any atom is -0.493 e. The van der Waals surface area contributed by atoms with Crippen LogP contribution in [0.5, 0.6) is 11.5 Å². The molecule has 2 aromatic heterocycles. The van der Waals surface area contributed by atoms with Gasteiger partial charge in [-0.05, 0) is 24.3 Å². The van der Waals surface area contributed by atoms with E-state index in [1.807, 2.05) is 0 Å². The largest absolute Gasteiger partial charge is 0.493 e. The molecule has 3 aromatic rings. The lowest BCUT2D eigenvalue weighted by Crippen LogP contribution is -2.21. The Labute approximate surface area is 161 Å². The maximum atomic E-state index is 12.4. The van der Waals surface area contributed by atoms with Crippen LogP contribution >= 0.6 is 0 Å². The van der Waals surface area contributed by atoms with Crippen molar-refractivity contribution < 1.29 is 32.3 Å². The predicted molar refractivity (Wildman–Crippen MR) is 91.5 cm³/mol. The van der Waals surface area contributed by atoms with Crippen molar-refractivity contribution in [3.8, 4) is 22.9 Å². The third-order valence-corrected chi connectivity index (χ3v) is 3.60. The van der Waals surface area contributed by atoms with Crippen LogP contribution in [0.25, 0.3) is 11.4 Å². The average molecular weight is 408 g/mol. The summed E-state index contributed by atoms with van der Waals surface area (Å²) in [6.07, 6.45) is 0. The Morgan fingerprint density at radius 3 is 2.72 bits per heavy atom. The number of benzene rings is 1. The highest BCUT2D eigenvalue weighted by molar-refractivity contribution is 5.86. The van der Waals surface area contributed by atoms with E-state index in [1.54, 1.807) is 0 Å². The van der Waals surface area contributed by atoms with Gasteiger partial charge in [0, 0.05) is 18.7 Å². The van der Waals surface area contributed by atoms with Crippen molar-refractivity contribution in [2.45, 2.75) is 13.2 Å². The summed E-state index contributed by atoms with van der Waals surface area (Å²) in [5.74, 6) is -0.756. The minimum absolute atomic E-state index is 0.00922. The molecule has 12 heteroatoms. The van der Waals surface area contributed by atoms with E-state index in [1.165, 1.54) is 44.5 Å². The summed E-state index contributed by atoms with van der Waals surface area (Å²) < 4.78 is 45.2. The van der Waals surface area contributed by atoms with Crippen LogP contribution in [0.1, 0.15) is 16.4 Å². The first-order chi connectivity index (χ1) is 13.9. The van der Waals surface area contributed by atoms with Crippen LogP contribution in [-0.2, 0) is 18.4 Å². The lowest BCUT2D eigenvalue weighted by Gasteiger charge is -2.10. The number of nitrogens with zero attached hydrogens (tertiary/aromatic N) is 4. The molecule has 3 rings (SSSR count). The molecule has 0 spiro atoms. The van der Waals surface area contributed by atoms with Crippen molar-refractivity contribution in [2.75, 3.05) is 7.11 Å². The number of aromatic nitrogens is 4. The van der Waals surface area contributed by atoms with Crippen molar-refractivity contribution in [1.82, 2.24) is 19.9 Å². The minimum atomic E-state index is -3.00. The van der Waals surface area contributed by atoms with Crippen LogP contribution in [0, 0.1) is 0 Å². The van der Waals surface area contributed by atoms with E-state index in [-0.39, 0.29) is 41.1 Å².